The van der Waals surface area contributed by atoms with Crippen molar-refractivity contribution >= 4 is 15.7 Å². The van der Waals surface area contributed by atoms with Gasteiger partial charge in [-0.05, 0) is 25.1 Å². The Kier molecular flexibility index (Phi) is 2.63. The Hall–Kier alpha value is -1.14. The van der Waals surface area contributed by atoms with E-state index in [1.165, 1.54) is 22.5 Å². The molecule has 1 heterocycles. The Balaban J connectivity index is 2.63. The van der Waals surface area contributed by atoms with Crippen molar-refractivity contribution in [1.29, 1.82) is 0 Å². The van der Waals surface area contributed by atoms with E-state index in [9.17, 15) is 17.9 Å². The number of rotatable bonds is 1. The maximum Gasteiger partial charge on any atom is 0.238 e. The van der Waals surface area contributed by atoms with Crippen LogP contribution >= 0.6 is 0 Å². The van der Waals surface area contributed by atoms with Crippen LogP contribution in [0.1, 0.15) is 18.6 Å². The molecule has 0 aliphatic carbocycles. The lowest BCUT2D eigenvalue weighted by Gasteiger charge is -2.32. The van der Waals surface area contributed by atoms with Crippen LogP contribution in [0.4, 0.5) is 10.1 Å². The van der Waals surface area contributed by atoms with Gasteiger partial charge < -0.3 is 5.11 Å². The number of fused-ring (bicyclic) bond motifs is 1. The molecule has 1 unspecified atom stereocenters. The highest BCUT2D eigenvalue weighted by atomic mass is 32.2. The first kappa shape index (κ1) is 11.3. The molecule has 1 aromatic rings. The van der Waals surface area contributed by atoms with Gasteiger partial charge in [0.15, 0.2) is 0 Å². The summed E-state index contributed by atoms with van der Waals surface area (Å²) in [5, 5.41) is 9.66. The van der Waals surface area contributed by atoms with E-state index < -0.39 is 27.7 Å². The van der Waals surface area contributed by atoms with Gasteiger partial charge in [-0.1, -0.05) is 0 Å². The lowest BCUT2D eigenvalue weighted by atomic mass is 10.1. The summed E-state index contributed by atoms with van der Waals surface area (Å²) in [4.78, 5) is 0. The zero-order valence-electron chi connectivity index (χ0n) is 8.72. The highest BCUT2D eigenvalue weighted by Gasteiger charge is 2.34. The smallest absolute Gasteiger partial charge is 0.238 e. The molecule has 1 aromatic carbocycles. The van der Waals surface area contributed by atoms with E-state index in [1.54, 1.807) is 6.92 Å². The second-order valence-electron chi connectivity index (χ2n) is 3.66. The molecule has 0 radical (unpaired) electrons. The number of benzene rings is 1. The lowest BCUT2D eigenvalue weighted by Crippen LogP contribution is -2.39. The van der Waals surface area contributed by atoms with Crippen molar-refractivity contribution in [2.75, 3.05) is 16.6 Å². The summed E-state index contributed by atoms with van der Waals surface area (Å²) >= 11 is 0. The third-order valence-electron chi connectivity index (χ3n) is 2.61. The highest BCUT2D eigenvalue weighted by Crippen LogP contribution is 2.35. The molecule has 1 N–H and O–H groups in total. The molecule has 0 amide bonds. The quantitative estimate of drug-likeness (QED) is 0.804. The van der Waals surface area contributed by atoms with Crippen LogP contribution in [0.2, 0.25) is 0 Å². The van der Waals surface area contributed by atoms with Crippen LogP contribution in [0, 0.1) is 5.82 Å². The van der Waals surface area contributed by atoms with Gasteiger partial charge in [0.25, 0.3) is 0 Å². The molecule has 0 fully saturated rings. The first-order valence-electron chi connectivity index (χ1n) is 4.93. The molecule has 2 rings (SSSR count). The number of sulfonamides is 1. The molecule has 1 aliphatic rings. The fourth-order valence-electron chi connectivity index (χ4n) is 1.92. The number of nitrogens with zero attached hydrogens (tertiary/aromatic N) is 1. The summed E-state index contributed by atoms with van der Waals surface area (Å²) < 4.78 is 37.7. The third-order valence-corrected chi connectivity index (χ3v) is 4.47. The molecule has 6 heteroatoms. The zero-order chi connectivity index (χ0) is 11.9. The average Bonchev–Trinajstić information content (AvgIpc) is 2.18. The molecule has 88 valence electrons. The van der Waals surface area contributed by atoms with E-state index in [4.69, 9.17) is 0 Å². The Labute approximate surface area is 93.4 Å². The number of aliphatic hydroxyl groups is 1. The second kappa shape index (κ2) is 3.71. The van der Waals surface area contributed by atoms with Crippen molar-refractivity contribution in [3.05, 3.63) is 29.6 Å². The predicted molar refractivity (Wildman–Crippen MR) is 58.2 cm³/mol. The van der Waals surface area contributed by atoms with Crippen LogP contribution in [0.15, 0.2) is 18.2 Å². The number of aliphatic hydroxyl groups excluding tert-OH is 1. The van der Waals surface area contributed by atoms with Gasteiger partial charge in [-0.15, -0.1) is 0 Å². The molecule has 1 aliphatic heterocycles. The summed E-state index contributed by atoms with van der Waals surface area (Å²) in [6.45, 7) is 1.97. The van der Waals surface area contributed by atoms with Crippen molar-refractivity contribution in [2.45, 2.75) is 13.0 Å². The Bertz CT molecular complexity index is 515. The van der Waals surface area contributed by atoms with E-state index in [2.05, 4.69) is 0 Å². The second-order valence-corrected chi connectivity index (χ2v) is 5.60. The minimum Gasteiger partial charge on any atom is -0.387 e. The van der Waals surface area contributed by atoms with Gasteiger partial charge in [-0.3, -0.25) is 4.31 Å². The number of halogens is 1. The maximum absolute atomic E-state index is 13.0. The average molecular weight is 245 g/mol. The standard InChI is InChI=1S/C10H12FNO3S/c1-2-12-9-4-3-7(11)5-8(9)10(13)6-16(12,14)15/h3-5,10,13H,2,6H2,1H3. The van der Waals surface area contributed by atoms with Crippen molar-refractivity contribution in [3.63, 3.8) is 0 Å². The van der Waals surface area contributed by atoms with Crippen molar-refractivity contribution in [1.82, 2.24) is 0 Å². The molecule has 0 bridgehead atoms. The number of hydrogen-bond acceptors (Lipinski definition) is 3. The van der Waals surface area contributed by atoms with Crippen LogP contribution in [0.5, 0.6) is 0 Å². The van der Waals surface area contributed by atoms with Crippen LogP contribution in [0.3, 0.4) is 0 Å². The topological polar surface area (TPSA) is 57.6 Å². The fourth-order valence-corrected chi connectivity index (χ4v) is 3.53. The Morgan fingerprint density at radius 2 is 2.25 bits per heavy atom. The first-order chi connectivity index (χ1) is 7.45. The van der Waals surface area contributed by atoms with Crippen molar-refractivity contribution in [2.24, 2.45) is 0 Å². The number of hydrogen-bond donors (Lipinski definition) is 1. The Morgan fingerprint density at radius 3 is 2.88 bits per heavy atom. The number of anilines is 1. The van der Waals surface area contributed by atoms with E-state index >= 15 is 0 Å². The molecule has 0 aromatic heterocycles. The van der Waals surface area contributed by atoms with Gasteiger partial charge in [0, 0.05) is 12.1 Å². The summed E-state index contributed by atoms with van der Waals surface area (Å²) in [6.07, 6.45) is -1.15. The van der Waals surface area contributed by atoms with Crippen LogP contribution in [-0.2, 0) is 10.0 Å². The lowest BCUT2D eigenvalue weighted by molar-refractivity contribution is 0.199. The molecular weight excluding hydrogens is 233 g/mol. The Morgan fingerprint density at radius 1 is 1.56 bits per heavy atom. The molecular formula is C10H12FNO3S. The van der Waals surface area contributed by atoms with Crippen molar-refractivity contribution < 1.29 is 17.9 Å². The third kappa shape index (κ3) is 1.68. The molecule has 0 saturated carbocycles. The predicted octanol–water partition coefficient (Wildman–Crippen LogP) is 1.03. The normalized spacial score (nSPS) is 22.9. The zero-order valence-corrected chi connectivity index (χ0v) is 9.54. The van der Waals surface area contributed by atoms with Gasteiger partial charge in [0.05, 0.1) is 17.5 Å². The summed E-state index contributed by atoms with van der Waals surface area (Å²) in [5.74, 6) is -0.870. The SMILES string of the molecule is CCN1c2ccc(F)cc2C(O)CS1(=O)=O. The van der Waals surface area contributed by atoms with Gasteiger partial charge in [-0.2, -0.15) is 0 Å². The minimum absolute atomic E-state index is 0.272. The molecule has 0 saturated heterocycles. The summed E-state index contributed by atoms with van der Waals surface area (Å²) in [5.41, 5.74) is 0.694. The first-order valence-corrected chi connectivity index (χ1v) is 6.54. The molecule has 0 spiro atoms. The largest absolute Gasteiger partial charge is 0.387 e. The van der Waals surface area contributed by atoms with Crippen molar-refractivity contribution in [3.8, 4) is 0 Å². The van der Waals surface area contributed by atoms with E-state index in [-0.39, 0.29) is 6.54 Å². The molecule has 16 heavy (non-hydrogen) atoms. The van der Waals surface area contributed by atoms with Crippen LogP contribution < -0.4 is 4.31 Å². The van der Waals surface area contributed by atoms with Gasteiger partial charge in [0.2, 0.25) is 10.0 Å². The fraction of sp³-hybridized carbons (Fsp3) is 0.400. The van der Waals surface area contributed by atoms with Gasteiger partial charge in [0.1, 0.15) is 5.82 Å². The summed E-state index contributed by atoms with van der Waals surface area (Å²) in [6, 6.07) is 3.75. The molecule has 4 nitrogen and oxygen atoms in total. The van der Waals surface area contributed by atoms with Crippen LogP contribution in [-0.4, -0.2) is 25.8 Å². The van der Waals surface area contributed by atoms with E-state index in [1.807, 2.05) is 0 Å². The molecule has 1 atom stereocenters. The van der Waals surface area contributed by atoms with Gasteiger partial charge in [-0.25, -0.2) is 12.8 Å². The van der Waals surface area contributed by atoms with E-state index in [0.29, 0.717) is 11.3 Å². The highest BCUT2D eigenvalue weighted by molar-refractivity contribution is 7.92. The van der Waals surface area contributed by atoms with E-state index in [0.717, 1.165) is 0 Å². The van der Waals surface area contributed by atoms with Crippen LogP contribution in [0.25, 0.3) is 0 Å². The van der Waals surface area contributed by atoms with Gasteiger partial charge >= 0.3 is 0 Å². The maximum atomic E-state index is 13.0. The minimum atomic E-state index is -3.49. The monoisotopic (exact) mass is 245 g/mol. The summed E-state index contributed by atoms with van der Waals surface area (Å²) in [7, 11) is -3.49.